The highest BCUT2D eigenvalue weighted by Crippen LogP contribution is 2.25. The van der Waals surface area contributed by atoms with E-state index >= 15 is 0 Å². The molecule has 0 aliphatic rings. The maximum absolute atomic E-state index is 12.1. The summed E-state index contributed by atoms with van der Waals surface area (Å²) in [5.74, 6) is 2.12. The minimum Gasteiger partial charge on any atom is -0.462 e. The number of terminal acetylenes is 1. The Morgan fingerprint density at radius 1 is 1.48 bits per heavy atom. The molecule has 2 aromatic rings. The lowest BCUT2D eigenvalue weighted by Gasteiger charge is -2.12. The van der Waals surface area contributed by atoms with E-state index in [1.807, 2.05) is 6.07 Å². The van der Waals surface area contributed by atoms with Crippen LogP contribution in [0, 0.1) is 23.7 Å². The van der Waals surface area contributed by atoms with E-state index in [0.717, 1.165) is 0 Å². The fourth-order valence-electron chi connectivity index (χ4n) is 1.85. The van der Waals surface area contributed by atoms with Gasteiger partial charge in [-0.2, -0.15) is 5.26 Å². The maximum atomic E-state index is 12.1. The molecule has 0 radical (unpaired) electrons. The van der Waals surface area contributed by atoms with Gasteiger partial charge in [0.15, 0.2) is 0 Å². The van der Waals surface area contributed by atoms with Gasteiger partial charge in [0.2, 0.25) is 0 Å². The molecule has 0 aliphatic heterocycles. The van der Waals surface area contributed by atoms with Gasteiger partial charge in [-0.05, 0) is 31.2 Å². The van der Waals surface area contributed by atoms with Crippen LogP contribution in [-0.2, 0) is 4.74 Å². The molecule has 1 heterocycles. The summed E-state index contributed by atoms with van der Waals surface area (Å²) < 4.78 is 4.99. The highest BCUT2D eigenvalue weighted by molar-refractivity contribution is 6.30. The zero-order valence-electron chi connectivity index (χ0n) is 12.3. The Hall–Kier alpha value is -3.02. The van der Waals surface area contributed by atoms with Gasteiger partial charge in [-0.15, -0.1) is 6.42 Å². The molecule has 0 saturated carbocycles. The van der Waals surface area contributed by atoms with Crippen LogP contribution in [-0.4, -0.2) is 17.6 Å². The molecule has 23 heavy (non-hydrogen) atoms. The van der Waals surface area contributed by atoms with Gasteiger partial charge in [0.25, 0.3) is 0 Å². The van der Waals surface area contributed by atoms with Gasteiger partial charge in [-0.1, -0.05) is 23.6 Å². The van der Waals surface area contributed by atoms with Crippen molar-refractivity contribution in [3.8, 4) is 18.4 Å². The molecular formula is C17H12ClN3O2. The number of esters is 1. The number of pyridine rings is 1. The van der Waals surface area contributed by atoms with Crippen LogP contribution >= 0.6 is 11.6 Å². The summed E-state index contributed by atoms with van der Waals surface area (Å²) in [6.45, 7) is 1.89. The first-order valence-corrected chi connectivity index (χ1v) is 7.08. The van der Waals surface area contributed by atoms with Crippen molar-refractivity contribution in [1.82, 2.24) is 4.98 Å². The molecule has 0 atom stereocenters. The summed E-state index contributed by atoms with van der Waals surface area (Å²) in [5.41, 5.74) is 1.53. The maximum Gasteiger partial charge on any atom is 0.341 e. The van der Waals surface area contributed by atoms with Crippen molar-refractivity contribution in [1.29, 1.82) is 5.26 Å². The van der Waals surface area contributed by atoms with Gasteiger partial charge in [0.1, 0.15) is 22.6 Å². The predicted octanol–water partition coefficient (Wildman–Crippen LogP) is 3.51. The first-order chi connectivity index (χ1) is 11.1. The Morgan fingerprint density at radius 3 is 2.91 bits per heavy atom. The van der Waals surface area contributed by atoms with E-state index in [1.54, 1.807) is 31.2 Å². The van der Waals surface area contributed by atoms with Crippen molar-refractivity contribution in [2.45, 2.75) is 6.92 Å². The molecular weight excluding hydrogens is 314 g/mol. The van der Waals surface area contributed by atoms with Gasteiger partial charge >= 0.3 is 5.97 Å². The zero-order chi connectivity index (χ0) is 16.8. The second kappa shape index (κ2) is 7.31. The number of nitriles is 1. The second-order valence-corrected chi connectivity index (χ2v) is 4.76. The van der Waals surface area contributed by atoms with Crippen LogP contribution in [0.4, 0.5) is 11.5 Å². The number of hydrogen-bond donors (Lipinski definition) is 1. The van der Waals surface area contributed by atoms with Crippen LogP contribution in [0.15, 0.2) is 30.3 Å². The van der Waals surface area contributed by atoms with Gasteiger partial charge in [-0.25, -0.2) is 9.78 Å². The van der Waals surface area contributed by atoms with Crippen molar-refractivity contribution in [2.24, 2.45) is 0 Å². The lowest BCUT2D eigenvalue weighted by Crippen LogP contribution is -2.10. The molecule has 114 valence electrons. The number of carbonyl (C=O) groups excluding carboxylic acids is 1. The van der Waals surface area contributed by atoms with E-state index in [4.69, 9.17) is 28.0 Å². The van der Waals surface area contributed by atoms with E-state index < -0.39 is 5.97 Å². The Morgan fingerprint density at radius 2 is 2.26 bits per heavy atom. The van der Waals surface area contributed by atoms with E-state index in [1.165, 1.54) is 6.07 Å². The molecule has 1 aromatic heterocycles. The molecule has 6 heteroatoms. The third-order valence-electron chi connectivity index (χ3n) is 2.88. The molecule has 1 aromatic carbocycles. The van der Waals surface area contributed by atoms with Gasteiger partial charge < -0.3 is 10.1 Å². The highest BCUT2D eigenvalue weighted by atomic mass is 35.5. The molecule has 5 nitrogen and oxygen atoms in total. The quantitative estimate of drug-likeness (QED) is 0.529. The van der Waals surface area contributed by atoms with Gasteiger partial charge in [0.05, 0.1) is 12.2 Å². The van der Waals surface area contributed by atoms with Crippen LogP contribution in [0.3, 0.4) is 0 Å². The summed E-state index contributed by atoms with van der Waals surface area (Å²) in [6, 6.07) is 10.3. The molecule has 0 fully saturated rings. The molecule has 0 aliphatic carbocycles. The number of carbonyl (C=O) groups is 1. The number of rotatable bonds is 4. The number of anilines is 2. The topological polar surface area (TPSA) is 75.0 Å². The molecule has 1 N–H and O–H groups in total. The Bertz CT molecular complexity index is 835. The normalized spacial score (nSPS) is 9.57. The molecule has 0 spiro atoms. The number of hydrogen-bond acceptors (Lipinski definition) is 5. The molecule has 0 saturated heterocycles. The number of nitrogens with one attached hydrogen (secondary N) is 1. The summed E-state index contributed by atoms with van der Waals surface area (Å²) in [4.78, 5) is 16.1. The van der Waals surface area contributed by atoms with Crippen LogP contribution in [0.2, 0.25) is 5.15 Å². The van der Waals surface area contributed by atoms with Crippen molar-refractivity contribution < 1.29 is 9.53 Å². The number of aromatic nitrogens is 1. The van der Waals surface area contributed by atoms with Crippen molar-refractivity contribution in [3.63, 3.8) is 0 Å². The third-order valence-corrected chi connectivity index (χ3v) is 3.17. The summed E-state index contributed by atoms with van der Waals surface area (Å²) in [6.07, 6.45) is 5.37. The molecule has 0 amide bonds. The van der Waals surface area contributed by atoms with Gasteiger partial charge in [0, 0.05) is 11.3 Å². The highest BCUT2D eigenvalue weighted by Gasteiger charge is 2.18. The van der Waals surface area contributed by atoms with Crippen LogP contribution in [0.1, 0.15) is 28.4 Å². The number of nitrogens with zero attached hydrogens (tertiary/aromatic N) is 2. The van der Waals surface area contributed by atoms with Crippen molar-refractivity contribution >= 4 is 29.1 Å². The zero-order valence-corrected chi connectivity index (χ0v) is 13.0. The van der Waals surface area contributed by atoms with Crippen LogP contribution < -0.4 is 5.32 Å². The fourth-order valence-corrected chi connectivity index (χ4v) is 2.03. The summed E-state index contributed by atoms with van der Waals surface area (Å²) >= 11 is 5.95. The number of benzene rings is 1. The fraction of sp³-hybridized carbons (Fsp3) is 0.118. The van der Waals surface area contributed by atoms with E-state index in [9.17, 15) is 4.79 Å². The van der Waals surface area contributed by atoms with Crippen molar-refractivity contribution in [3.05, 3.63) is 52.2 Å². The summed E-state index contributed by atoms with van der Waals surface area (Å²) in [5, 5.41) is 12.0. The molecule has 0 unspecified atom stereocenters. The van der Waals surface area contributed by atoms with E-state index in [2.05, 4.69) is 16.2 Å². The summed E-state index contributed by atoms with van der Waals surface area (Å²) in [7, 11) is 0. The van der Waals surface area contributed by atoms with Gasteiger partial charge in [-0.3, -0.25) is 0 Å². The predicted molar refractivity (Wildman–Crippen MR) is 87.6 cm³/mol. The lowest BCUT2D eigenvalue weighted by molar-refractivity contribution is 0.0527. The monoisotopic (exact) mass is 325 g/mol. The van der Waals surface area contributed by atoms with E-state index in [-0.39, 0.29) is 28.7 Å². The lowest BCUT2D eigenvalue weighted by atomic mass is 10.1. The Kier molecular flexibility index (Phi) is 5.19. The minimum atomic E-state index is -0.594. The smallest absolute Gasteiger partial charge is 0.341 e. The van der Waals surface area contributed by atoms with Crippen LogP contribution in [0.25, 0.3) is 0 Å². The SMILES string of the molecule is C#Cc1cccc(Nc2nc(Cl)c(C#N)cc2C(=O)OCC)c1. The number of ether oxygens (including phenoxy) is 1. The number of halogens is 1. The third kappa shape index (κ3) is 3.79. The Balaban J connectivity index is 2.47. The second-order valence-electron chi connectivity index (χ2n) is 4.41. The first kappa shape index (κ1) is 16.4. The molecule has 0 bridgehead atoms. The average Bonchev–Trinajstić information content (AvgIpc) is 2.55. The van der Waals surface area contributed by atoms with Crippen LogP contribution in [0.5, 0.6) is 0 Å². The largest absolute Gasteiger partial charge is 0.462 e. The average molecular weight is 326 g/mol. The Labute approximate surface area is 138 Å². The standard InChI is InChI=1S/C17H12ClN3O2/c1-3-11-6-5-7-13(8-11)20-16-14(17(22)23-4-2)9-12(10-19)15(18)21-16/h1,5-9H,4H2,2H3,(H,20,21). The first-order valence-electron chi connectivity index (χ1n) is 6.70. The van der Waals surface area contributed by atoms with E-state index in [0.29, 0.717) is 11.3 Å². The van der Waals surface area contributed by atoms with Crippen molar-refractivity contribution in [2.75, 3.05) is 11.9 Å². The minimum absolute atomic E-state index is 0.00356. The molecule has 2 rings (SSSR count).